The van der Waals surface area contributed by atoms with Gasteiger partial charge in [0, 0.05) is 0 Å². The Morgan fingerprint density at radius 2 is 0.922 bits per heavy atom. The van der Waals surface area contributed by atoms with Gasteiger partial charge in [-0.3, -0.25) is 19.2 Å². The predicted molar refractivity (Wildman–Crippen MR) is 268 cm³/mol. The Hall–Kier alpha value is -1.54. The van der Waals surface area contributed by atoms with Crippen LogP contribution in [0.25, 0.3) is 0 Å². The number of carbonyl (C=O) groups is 4. The van der Waals surface area contributed by atoms with Crippen LogP contribution in [0.2, 0.25) is 90.1 Å². The second kappa shape index (κ2) is 24.7. The van der Waals surface area contributed by atoms with Crippen LogP contribution in [0.1, 0.15) is 105 Å². The fourth-order valence-corrected chi connectivity index (χ4v) is 39.4. The van der Waals surface area contributed by atoms with E-state index in [1.54, 1.807) is 20.8 Å². The molecule has 19 heteroatoms. The van der Waals surface area contributed by atoms with Gasteiger partial charge in [0.05, 0.1) is 23.7 Å². The molecule has 0 heterocycles. The Morgan fingerprint density at radius 3 is 1.31 bits per heavy atom. The molecule has 0 spiro atoms. The highest BCUT2D eigenvalue weighted by Crippen LogP contribution is 2.39. The summed E-state index contributed by atoms with van der Waals surface area (Å²) in [5.74, 6) is -7.76. The van der Waals surface area contributed by atoms with E-state index in [-0.39, 0.29) is 18.3 Å². The Labute approximate surface area is 393 Å². The van der Waals surface area contributed by atoms with Gasteiger partial charge in [-0.15, -0.1) is 0 Å². The summed E-state index contributed by atoms with van der Waals surface area (Å²) in [6, 6.07) is 2.20. The molecule has 64 heavy (non-hydrogen) atoms. The third-order valence-electron chi connectivity index (χ3n) is 11.7. The van der Waals surface area contributed by atoms with Crippen molar-refractivity contribution in [1.82, 2.24) is 0 Å². The first-order chi connectivity index (χ1) is 29.2. The van der Waals surface area contributed by atoms with Gasteiger partial charge in [-0.2, -0.15) is 0 Å². The van der Waals surface area contributed by atoms with Crippen molar-refractivity contribution in [3.63, 3.8) is 0 Å². The van der Waals surface area contributed by atoms with E-state index in [1.807, 2.05) is 24.3 Å². The van der Waals surface area contributed by atoms with Crippen LogP contribution in [-0.4, -0.2) is 95.7 Å². The van der Waals surface area contributed by atoms with E-state index in [0.29, 0.717) is 37.8 Å². The molecule has 0 aliphatic heterocycles. The Kier molecular flexibility index (Phi) is 22.6. The summed E-state index contributed by atoms with van der Waals surface area (Å²) in [5.41, 5.74) is -0.713. The van der Waals surface area contributed by atoms with Gasteiger partial charge >= 0.3 is 58.1 Å². The molecule has 13 nitrogen and oxygen atoms in total. The first kappa shape index (κ1) is 58.6. The zero-order valence-electron chi connectivity index (χ0n) is 42.3. The highest BCUT2D eigenvalue weighted by molar-refractivity contribution is 6.91. The number of carboxylic acids is 3. The maximum absolute atomic E-state index is 13.2. The summed E-state index contributed by atoms with van der Waals surface area (Å²) in [5, 5.41) is 30.1. The van der Waals surface area contributed by atoms with E-state index in [1.165, 1.54) is 0 Å². The molecular formula is C45H88O13Si6. The standard InChI is InChI=1S/C45H88O13Si6/c1-16-17-18-21-32-63(14,55-60(8,9)10)58-64(15,34-23-20-27-36-29-25-31-38(40(36)43(50)51)44(52)53-45(2,3)4)57-61(11,12)56-62(13,54-59(5,6)7)33-22-19-26-35-28-24-30-37(41(46)47)39(35)42(48)49/h24-25,28-29,35-40H,16-23,26-27,30-34H2,1-15H3,(H,46,47)(H,48,49)(H,50,51). The average Bonchev–Trinajstić information content (AvgIpc) is 3.10. The van der Waals surface area contributed by atoms with Crippen molar-refractivity contribution in [3.8, 4) is 0 Å². The molecule has 0 saturated heterocycles. The molecule has 2 rings (SSSR count). The monoisotopic (exact) mass is 1000 g/mol. The summed E-state index contributed by atoms with van der Waals surface area (Å²) < 4.78 is 41.7. The van der Waals surface area contributed by atoms with Crippen LogP contribution in [0.15, 0.2) is 24.3 Å². The van der Waals surface area contributed by atoms with Gasteiger partial charge in [0.25, 0.3) is 0 Å². The zero-order chi connectivity index (χ0) is 49.0. The van der Waals surface area contributed by atoms with Crippen molar-refractivity contribution in [2.75, 3.05) is 0 Å². The van der Waals surface area contributed by atoms with Crippen molar-refractivity contribution >= 4 is 74.8 Å². The maximum atomic E-state index is 13.2. The number of aliphatic carboxylic acids is 3. The highest BCUT2D eigenvalue weighted by Gasteiger charge is 2.51. The zero-order valence-corrected chi connectivity index (χ0v) is 48.3. The number of unbranched alkanes of at least 4 members (excludes halogenated alkanes) is 5. The van der Waals surface area contributed by atoms with E-state index in [2.05, 4.69) is 78.9 Å². The average molecular weight is 1010 g/mol. The number of rotatable bonds is 29. The second-order valence-electron chi connectivity index (χ2n) is 22.3. The molecule has 2 aliphatic carbocycles. The summed E-state index contributed by atoms with van der Waals surface area (Å²) in [4.78, 5) is 50.0. The van der Waals surface area contributed by atoms with Crippen LogP contribution < -0.4 is 0 Å². The summed E-state index contributed by atoms with van der Waals surface area (Å²) in [7, 11) is -15.9. The van der Waals surface area contributed by atoms with Gasteiger partial charge < -0.3 is 40.6 Å². The van der Waals surface area contributed by atoms with Crippen LogP contribution in [0.5, 0.6) is 0 Å². The van der Waals surface area contributed by atoms with E-state index < -0.39 is 104 Å². The van der Waals surface area contributed by atoms with E-state index >= 15 is 0 Å². The Morgan fingerprint density at radius 1 is 0.531 bits per heavy atom. The predicted octanol–water partition coefficient (Wildman–Crippen LogP) is 11.8. The van der Waals surface area contributed by atoms with Gasteiger partial charge in [-0.1, -0.05) is 82.6 Å². The molecular weight excluding hydrogens is 917 g/mol. The van der Waals surface area contributed by atoms with Crippen molar-refractivity contribution in [1.29, 1.82) is 0 Å². The molecule has 3 N–H and O–H groups in total. The number of hydrogen-bond acceptors (Lipinski definition) is 10. The lowest BCUT2D eigenvalue weighted by Gasteiger charge is -2.45. The first-order valence-electron chi connectivity index (χ1n) is 24.0. The lowest BCUT2D eigenvalue weighted by Crippen LogP contribution is -2.61. The van der Waals surface area contributed by atoms with Crippen LogP contribution >= 0.6 is 0 Å². The van der Waals surface area contributed by atoms with E-state index in [4.69, 9.17) is 25.3 Å². The molecule has 2 aliphatic rings. The number of carboxylic acid groups (broad SMARTS) is 3. The van der Waals surface area contributed by atoms with E-state index in [9.17, 15) is 34.5 Å². The largest absolute Gasteiger partial charge is 0.481 e. The van der Waals surface area contributed by atoms with Crippen LogP contribution in [0, 0.1) is 35.5 Å². The molecule has 9 atom stereocenters. The molecule has 0 aromatic heterocycles. The van der Waals surface area contributed by atoms with Crippen molar-refractivity contribution in [2.45, 2.75) is 200 Å². The lowest BCUT2D eigenvalue weighted by molar-refractivity contribution is -0.168. The third-order valence-corrected chi connectivity index (χ3v) is 34.6. The van der Waals surface area contributed by atoms with Crippen LogP contribution in [0.3, 0.4) is 0 Å². The van der Waals surface area contributed by atoms with Crippen LogP contribution in [-0.2, 0) is 44.5 Å². The SMILES string of the molecule is CCCCCC[Si](C)(O[Si](C)(C)C)O[Si](C)(CCCCC1C=CCC(C(=O)OC(C)(C)C)C1C(=O)O)O[Si](C)(C)O[Si](C)(CCCCC1C=CCC(C(=O)O)C1C(=O)O)O[Si](C)(C)C. The maximum Gasteiger partial charge on any atom is 0.317 e. The fraction of sp³-hybridized carbons (Fsp3) is 0.822. The number of hydrogen-bond donors (Lipinski definition) is 3. The van der Waals surface area contributed by atoms with E-state index in [0.717, 1.165) is 51.0 Å². The highest BCUT2D eigenvalue weighted by atomic mass is 28.5. The van der Waals surface area contributed by atoms with Gasteiger partial charge in [-0.05, 0) is 148 Å². The van der Waals surface area contributed by atoms with Gasteiger partial charge in [0.2, 0.25) is 0 Å². The van der Waals surface area contributed by atoms with Crippen molar-refractivity contribution in [2.24, 2.45) is 35.5 Å². The summed E-state index contributed by atoms with van der Waals surface area (Å²) >= 11 is 0. The summed E-state index contributed by atoms with van der Waals surface area (Å²) in [6.45, 7) is 31.3. The molecule has 0 radical (unpaired) electrons. The van der Waals surface area contributed by atoms with Crippen molar-refractivity contribution in [3.05, 3.63) is 24.3 Å². The molecule has 370 valence electrons. The molecule has 0 saturated carbocycles. The molecule has 0 aromatic carbocycles. The first-order valence-corrected chi connectivity index (χ1v) is 41.2. The Bertz CT molecular complexity index is 1590. The minimum atomic E-state index is -3.07. The van der Waals surface area contributed by atoms with Gasteiger partial charge in [0.1, 0.15) is 5.60 Å². The molecule has 9 unspecified atom stereocenters. The fourth-order valence-electron chi connectivity index (χ4n) is 9.77. The normalized spacial score (nSPS) is 24.9. The van der Waals surface area contributed by atoms with Gasteiger partial charge in [0.15, 0.2) is 16.6 Å². The lowest BCUT2D eigenvalue weighted by atomic mass is 9.74. The minimum absolute atomic E-state index is 0.224. The number of allylic oxidation sites excluding steroid dienone is 4. The number of carbonyl (C=O) groups excluding carboxylic acids is 1. The number of esters is 1. The molecule has 0 aromatic rings. The Balaban J connectivity index is 2.39. The molecule has 0 bridgehead atoms. The number of ether oxygens (including phenoxy) is 1. The second-order valence-corrected chi connectivity index (χ2v) is 45.9. The third kappa shape index (κ3) is 21.2. The van der Waals surface area contributed by atoms with Crippen LogP contribution in [0.4, 0.5) is 0 Å². The molecule has 0 fully saturated rings. The van der Waals surface area contributed by atoms with Gasteiger partial charge in [-0.25, -0.2) is 0 Å². The summed E-state index contributed by atoms with van der Waals surface area (Å²) in [6.07, 6.45) is 16.6. The molecule has 0 amide bonds. The minimum Gasteiger partial charge on any atom is -0.481 e. The van der Waals surface area contributed by atoms with Crippen molar-refractivity contribution < 1.29 is 59.8 Å². The topological polar surface area (TPSA) is 184 Å². The quantitative estimate of drug-likeness (QED) is 0.0279. The smallest absolute Gasteiger partial charge is 0.317 e.